The highest BCUT2D eigenvalue weighted by Crippen LogP contribution is 2.27. The first-order valence-electron chi connectivity index (χ1n) is 5.63. The fraction of sp³-hybridized carbons (Fsp3) is 0.917. The van der Waals surface area contributed by atoms with E-state index in [2.05, 4.69) is 13.8 Å². The number of carbonyl (C=O) groups excluding carboxylic acids is 1. The molecule has 0 amide bonds. The molecule has 0 aromatic rings. The lowest BCUT2D eigenvalue weighted by Gasteiger charge is -2.32. The number of rotatable bonds is 4. The summed E-state index contributed by atoms with van der Waals surface area (Å²) in [6.07, 6.45) is 2.10. The molecule has 0 radical (unpaired) electrons. The highest BCUT2D eigenvalue weighted by atomic mass is 16.6. The minimum Gasteiger partial charge on any atom is -0.460 e. The molecular weight excluding hydrogens is 176 g/mol. The Kier molecular flexibility index (Phi) is 8.91. The van der Waals surface area contributed by atoms with Crippen molar-refractivity contribution in [2.24, 2.45) is 5.92 Å². The van der Waals surface area contributed by atoms with Gasteiger partial charge in [0.1, 0.15) is 5.60 Å². The molecule has 0 aliphatic heterocycles. The van der Waals surface area contributed by atoms with Gasteiger partial charge in [0.05, 0.1) is 0 Å². The van der Waals surface area contributed by atoms with E-state index < -0.39 is 0 Å². The largest absolute Gasteiger partial charge is 0.460 e. The normalized spacial score (nSPS) is 10.6. The molecule has 0 unspecified atom stereocenters. The highest BCUT2D eigenvalue weighted by Gasteiger charge is 2.29. The van der Waals surface area contributed by atoms with Crippen LogP contribution in [-0.4, -0.2) is 11.6 Å². The van der Waals surface area contributed by atoms with E-state index >= 15 is 0 Å². The Morgan fingerprint density at radius 1 is 1.21 bits per heavy atom. The van der Waals surface area contributed by atoms with Gasteiger partial charge in [0, 0.05) is 6.92 Å². The molecule has 0 bridgehead atoms. The second kappa shape index (κ2) is 7.84. The van der Waals surface area contributed by atoms with Crippen LogP contribution in [0.5, 0.6) is 0 Å². The minimum atomic E-state index is -0.310. The number of esters is 1. The molecule has 86 valence electrons. The third kappa shape index (κ3) is 6.01. The van der Waals surface area contributed by atoms with Gasteiger partial charge >= 0.3 is 5.97 Å². The van der Waals surface area contributed by atoms with Crippen molar-refractivity contribution in [1.82, 2.24) is 0 Å². The summed E-state index contributed by atoms with van der Waals surface area (Å²) in [6, 6.07) is 0. The van der Waals surface area contributed by atoms with Gasteiger partial charge in [0.2, 0.25) is 0 Å². The lowest BCUT2D eigenvalue weighted by molar-refractivity contribution is -0.159. The van der Waals surface area contributed by atoms with E-state index in [1.165, 1.54) is 6.92 Å². The van der Waals surface area contributed by atoms with Gasteiger partial charge in [-0.05, 0) is 32.6 Å². The van der Waals surface area contributed by atoms with Crippen molar-refractivity contribution in [2.45, 2.75) is 66.9 Å². The van der Waals surface area contributed by atoms with Crippen LogP contribution in [0.1, 0.15) is 61.3 Å². The molecule has 0 aliphatic rings. The predicted molar refractivity (Wildman–Crippen MR) is 61.3 cm³/mol. The van der Waals surface area contributed by atoms with Crippen molar-refractivity contribution in [3.8, 4) is 0 Å². The lowest BCUT2D eigenvalue weighted by Crippen LogP contribution is -2.35. The molecule has 0 rings (SSSR count). The van der Waals surface area contributed by atoms with Crippen molar-refractivity contribution in [3.63, 3.8) is 0 Å². The number of hydrogen-bond donors (Lipinski definition) is 0. The standard InChI is InChI=1S/C10H20O2.C2H6/c1-6-9(7-2)10(4,5)12-8(3)11;1-2/h9H,6-7H2,1-5H3;1-2H3. The third-order valence-electron chi connectivity index (χ3n) is 2.38. The van der Waals surface area contributed by atoms with Crippen molar-refractivity contribution in [2.75, 3.05) is 0 Å². The van der Waals surface area contributed by atoms with Crippen LogP contribution in [0.4, 0.5) is 0 Å². The summed E-state index contributed by atoms with van der Waals surface area (Å²) < 4.78 is 5.24. The minimum absolute atomic E-state index is 0.188. The second-order valence-electron chi connectivity index (χ2n) is 3.71. The molecule has 0 saturated heterocycles. The molecule has 14 heavy (non-hydrogen) atoms. The molecule has 2 nitrogen and oxygen atoms in total. The van der Waals surface area contributed by atoms with Gasteiger partial charge in [-0.25, -0.2) is 0 Å². The first-order chi connectivity index (χ1) is 6.44. The van der Waals surface area contributed by atoms with Crippen LogP contribution < -0.4 is 0 Å². The molecule has 0 heterocycles. The maximum absolute atomic E-state index is 10.8. The zero-order chi connectivity index (χ0) is 11.8. The summed E-state index contributed by atoms with van der Waals surface area (Å²) in [5, 5.41) is 0. The summed E-state index contributed by atoms with van der Waals surface area (Å²) in [6.45, 7) is 13.7. The van der Waals surface area contributed by atoms with Gasteiger partial charge < -0.3 is 4.74 Å². The van der Waals surface area contributed by atoms with Gasteiger partial charge in [0.25, 0.3) is 0 Å². The Labute approximate surface area is 89.0 Å². The molecule has 0 fully saturated rings. The van der Waals surface area contributed by atoms with Crippen molar-refractivity contribution in [1.29, 1.82) is 0 Å². The van der Waals surface area contributed by atoms with Crippen LogP contribution >= 0.6 is 0 Å². The van der Waals surface area contributed by atoms with Crippen LogP contribution in [0.2, 0.25) is 0 Å². The van der Waals surface area contributed by atoms with E-state index in [9.17, 15) is 4.79 Å². The van der Waals surface area contributed by atoms with Crippen LogP contribution in [-0.2, 0) is 9.53 Å². The predicted octanol–water partition coefficient (Wildman–Crippen LogP) is 3.79. The van der Waals surface area contributed by atoms with E-state index in [0.717, 1.165) is 12.8 Å². The lowest BCUT2D eigenvalue weighted by atomic mass is 9.86. The number of ether oxygens (including phenoxy) is 1. The Morgan fingerprint density at radius 2 is 1.57 bits per heavy atom. The molecule has 0 aliphatic carbocycles. The van der Waals surface area contributed by atoms with Gasteiger partial charge in [-0.15, -0.1) is 0 Å². The first kappa shape index (κ1) is 15.9. The van der Waals surface area contributed by atoms with Gasteiger partial charge in [-0.3, -0.25) is 4.79 Å². The van der Waals surface area contributed by atoms with Gasteiger partial charge in [0.15, 0.2) is 0 Å². The fourth-order valence-electron chi connectivity index (χ4n) is 1.73. The van der Waals surface area contributed by atoms with Crippen LogP contribution in [0, 0.1) is 5.92 Å². The average Bonchev–Trinajstić information content (AvgIpc) is 2.07. The number of carbonyl (C=O) groups is 1. The molecule has 0 saturated carbocycles. The topological polar surface area (TPSA) is 26.3 Å². The summed E-state index contributed by atoms with van der Waals surface area (Å²) in [5.74, 6) is 0.272. The SMILES string of the molecule is CC.CCC(CC)C(C)(C)OC(C)=O. The van der Waals surface area contributed by atoms with Crippen LogP contribution in [0.25, 0.3) is 0 Å². The fourth-order valence-corrected chi connectivity index (χ4v) is 1.73. The Morgan fingerprint density at radius 3 is 1.79 bits per heavy atom. The maximum atomic E-state index is 10.8. The zero-order valence-corrected chi connectivity index (χ0v) is 10.8. The second-order valence-corrected chi connectivity index (χ2v) is 3.71. The third-order valence-corrected chi connectivity index (χ3v) is 2.38. The van der Waals surface area contributed by atoms with E-state index in [4.69, 9.17) is 4.74 Å². The molecule has 0 aromatic heterocycles. The molecule has 0 aromatic carbocycles. The van der Waals surface area contributed by atoms with E-state index in [-0.39, 0.29) is 11.6 Å². The summed E-state index contributed by atoms with van der Waals surface area (Å²) >= 11 is 0. The summed E-state index contributed by atoms with van der Waals surface area (Å²) in [4.78, 5) is 10.8. The first-order valence-corrected chi connectivity index (χ1v) is 5.63. The molecule has 2 heteroatoms. The average molecular weight is 202 g/mol. The quantitative estimate of drug-likeness (QED) is 0.648. The van der Waals surface area contributed by atoms with Crippen molar-refractivity contribution in [3.05, 3.63) is 0 Å². The Balaban J connectivity index is 0. The highest BCUT2D eigenvalue weighted by molar-refractivity contribution is 5.66. The van der Waals surface area contributed by atoms with Gasteiger partial charge in [-0.1, -0.05) is 27.7 Å². The summed E-state index contributed by atoms with van der Waals surface area (Å²) in [7, 11) is 0. The molecular formula is C12H26O2. The van der Waals surface area contributed by atoms with Gasteiger partial charge in [-0.2, -0.15) is 0 Å². The van der Waals surface area contributed by atoms with E-state index in [0.29, 0.717) is 5.92 Å². The maximum Gasteiger partial charge on any atom is 0.303 e. The van der Waals surface area contributed by atoms with E-state index in [1.54, 1.807) is 0 Å². The molecule has 0 atom stereocenters. The molecule has 0 N–H and O–H groups in total. The number of hydrogen-bond acceptors (Lipinski definition) is 2. The smallest absolute Gasteiger partial charge is 0.303 e. The monoisotopic (exact) mass is 202 g/mol. The van der Waals surface area contributed by atoms with Crippen LogP contribution in [0.3, 0.4) is 0 Å². The van der Waals surface area contributed by atoms with Crippen molar-refractivity contribution < 1.29 is 9.53 Å². The Hall–Kier alpha value is -0.530. The Bertz CT molecular complexity index is 146. The van der Waals surface area contributed by atoms with E-state index in [1.807, 2.05) is 27.7 Å². The molecule has 0 spiro atoms. The van der Waals surface area contributed by atoms with Crippen LogP contribution in [0.15, 0.2) is 0 Å². The summed E-state index contributed by atoms with van der Waals surface area (Å²) in [5.41, 5.74) is -0.310. The van der Waals surface area contributed by atoms with Crippen molar-refractivity contribution >= 4 is 5.97 Å². The zero-order valence-electron chi connectivity index (χ0n) is 10.8.